The molecular weight excluding hydrogens is 222 g/mol. The molecule has 1 N–H and O–H groups in total. The van der Waals surface area contributed by atoms with E-state index in [1.807, 2.05) is 17.1 Å². The summed E-state index contributed by atoms with van der Waals surface area (Å²) in [6, 6.07) is 0.377. The van der Waals surface area contributed by atoms with Gasteiger partial charge in [-0.25, -0.2) is 4.98 Å². The van der Waals surface area contributed by atoms with Crippen LogP contribution in [0.25, 0.3) is 0 Å². The number of aryl methyl sites for hydroxylation is 1. The van der Waals surface area contributed by atoms with Crippen molar-refractivity contribution in [2.45, 2.75) is 25.9 Å². The Labute approximate surface area is 98.5 Å². The van der Waals surface area contributed by atoms with Crippen LogP contribution in [-0.4, -0.2) is 19.7 Å². The van der Waals surface area contributed by atoms with Gasteiger partial charge in [0.15, 0.2) is 0 Å². The van der Waals surface area contributed by atoms with E-state index >= 15 is 0 Å². The molecule has 0 bridgehead atoms. The number of hydrogen-bond acceptors (Lipinski definition) is 5. The Morgan fingerprint density at radius 1 is 1.38 bits per heavy atom. The highest BCUT2D eigenvalue weighted by Crippen LogP contribution is 2.17. The molecule has 5 nitrogen and oxygen atoms in total. The van der Waals surface area contributed by atoms with Crippen LogP contribution in [0.5, 0.6) is 0 Å². The van der Waals surface area contributed by atoms with Crippen molar-refractivity contribution in [3.05, 3.63) is 28.7 Å². The molecule has 2 aromatic rings. The van der Waals surface area contributed by atoms with Crippen LogP contribution in [-0.2, 0) is 7.05 Å². The fourth-order valence-electron chi connectivity index (χ4n) is 1.65. The van der Waals surface area contributed by atoms with E-state index in [-0.39, 0.29) is 12.1 Å². The number of nitrogens with one attached hydrogen (secondary N) is 1. The summed E-state index contributed by atoms with van der Waals surface area (Å²) in [5, 5.41) is 13.5. The smallest absolute Gasteiger partial charge is 0.149 e. The third-order valence-corrected chi connectivity index (χ3v) is 3.13. The molecule has 0 aliphatic rings. The van der Waals surface area contributed by atoms with E-state index in [9.17, 15) is 0 Å². The molecule has 2 atom stereocenters. The molecule has 2 heterocycles. The van der Waals surface area contributed by atoms with Crippen LogP contribution in [0, 0.1) is 0 Å². The van der Waals surface area contributed by atoms with Gasteiger partial charge in [0.25, 0.3) is 0 Å². The Hall–Kier alpha value is -1.27. The first-order valence-electron chi connectivity index (χ1n) is 5.16. The summed E-state index contributed by atoms with van der Waals surface area (Å²) >= 11 is 1.61. The Bertz CT molecular complexity index is 436. The topological polar surface area (TPSA) is 55.6 Å². The maximum absolute atomic E-state index is 4.29. The van der Waals surface area contributed by atoms with E-state index in [2.05, 4.69) is 39.7 Å². The largest absolute Gasteiger partial charge is 0.319 e. The van der Waals surface area contributed by atoms with Crippen molar-refractivity contribution in [3.8, 4) is 0 Å². The molecule has 16 heavy (non-hydrogen) atoms. The lowest BCUT2D eigenvalue weighted by molar-refractivity contribution is 0.460. The summed E-state index contributed by atoms with van der Waals surface area (Å²) in [6.45, 7) is 4.18. The third-order valence-electron chi connectivity index (χ3n) is 2.53. The van der Waals surface area contributed by atoms with Gasteiger partial charge in [-0.3, -0.25) is 5.32 Å². The first-order valence-corrected chi connectivity index (χ1v) is 6.10. The number of hydrogen-bond donors (Lipinski definition) is 1. The van der Waals surface area contributed by atoms with Crippen LogP contribution < -0.4 is 5.32 Å². The minimum absolute atomic E-state index is 0.157. The Morgan fingerprint density at radius 2 is 2.19 bits per heavy atom. The van der Waals surface area contributed by atoms with Crippen LogP contribution in [0.4, 0.5) is 0 Å². The zero-order valence-electron chi connectivity index (χ0n) is 9.58. The highest BCUT2D eigenvalue weighted by Gasteiger charge is 2.15. The van der Waals surface area contributed by atoms with E-state index in [1.54, 1.807) is 17.7 Å². The fraction of sp³-hybridized carbons (Fsp3) is 0.500. The van der Waals surface area contributed by atoms with E-state index in [4.69, 9.17) is 0 Å². The summed E-state index contributed by atoms with van der Waals surface area (Å²) in [6.07, 6.45) is 1.71. The van der Waals surface area contributed by atoms with Gasteiger partial charge in [-0.05, 0) is 13.8 Å². The number of thiazole rings is 1. The van der Waals surface area contributed by atoms with Crippen molar-refractivity contribution < 1.29 is 0 Å². The summed E-state index contributed by atoms with van der Waals surface area (Å²) in [7, 11) is 1.95. The van der Waals surface area contributed by atoms with Crippen LogP contribution in [0.1, 0.15) is 37.4 Å². The second-order valence-corrected chi connectivity index (χ2v) is 4.54. The first kappa shape index (κ1) is 11.2. The third kappa shape index (κ3) is 2.28. The predicted molar refractivity (Wildman–Crippen MR) is 63.1 cm³/mol. The number of nitrogens with zero attached hydrogens (tertiary/aromatic N) is 4. The van der Waals surface area contributed by atoms with Crippen molar-refractivity contribution in [3.63, 3.8) is 0 Å². The van der Waals surface area contributed by atoms with Gasteiger partial charge >= 0.3 is 0 Å². The zero-order chi connectivity index (χ0) is 11.5. The van der Waals surface area contributed by atoms with E-state index in [0.717, 1.165) is 11.5 Å². The van der Waals surface area contributed by atoms with E-state index in [0.29, 0.717) is 0 Å². The second kappa shape index (κ2) is 4.71. The molecule has 6 heteroatoms. The molecule has 0 aromatic carbocycles. The monoisotopic (exact) mass is 237 g/mol. The van der Waals surface area contributed by atoms with Crippen molar-refractivity contribution in [1.82, 2.24) is 25.1 Å². The van der Waals surface area contributed by atoms with E-state index in [1.165, 1.54) is 0 Å². The van der Waals surface area contributed by atoms with Crippen molar-refractivity contribution in [2.24, 2.45) is 7.05 Å². The predicted octanol–water partition coefficient (Wildman–Crippen LogP) is 1.68. The van der Waals surface area contributed by atoms with Crippen LogP contribution in [0.3, 0.4) is 0 Å². The molecule has 2 aromatic heterocycles. The fourth-order valence-corrected chi connectivity index (χ4v) is 2.30. The Balaban J connectivity index is 2.03. The van der Waals surface area contributed by atoms with Crippen molar-refractivity contribution in [1.29, 1.82) is 0 Å². The van der Waals surface area contributed by atoms with Gasteiger partial charge in [0, 0.05) is 18.5 Å². The lowest BCUT2D eigenvalue weighted by Crippen LogP contribution is -2.24. The molecule has 0 fully saturated rings. The second-order valence-electron chi connectivity index (χ2n) is 3.82. The highest BCUT2D eigenvalue weighted by molar-refractivity contribution is 7.07. The number of aromatic nitrogens is 4. The molecule has 2 unspecified atom stereocenters. The molecule has 0 spiro atoms. The van der Waals surface area contributed by atoms with Gasteiger partial charge < -0.3 is 4.57 Å². The molecule has 2 rings (SSSR count). The van der Waals surface area contributed by atoms with Gasteiger partial charge in [-0.2, -0.15) is 0 Å². The molecule has 0 saturated heterocycles. The van der Waals surface area contributed by atoms with Gasteiger partial charge in [-0.15, -0.1) is 21.5 Å². The molecule has 0 aliphatic heterocycles. The maximum atomic E-state index is 4.29. The van der Waals surface area contributed by atoms with E-state index < -0.39 is 0 Å². The zero-order valence-corrected chi connectivity index (χ0v) is 10.4. The molecule has 0 saturated carbocycles. The summed E-state index contributed by atoms with van der Waals surface area (Å²) in [4.78, 5) is 4.29. The van der Waals surface area contributed by atoms with Gasteiger partial charge in [0.2, 0.25) is 0 Å². The standard InChI is InChI=1S/C10H15N5S/c1-7(9-4-16-6-11-9)13-8(2)10-14-12-5-15(10)3/h4-8,13H,1-3H3. The Morgan fingerprint density at radius 3 is 2.75 bits per heavy atom. The summed E-state index contributed by atoms with van der Waals surface area (Å²) in [5.41, 5.74) is 2.92. The molecule has 0 radical (unpaired) electrons. The lowest BCUT2D eigenvalue weighted by atomic mass is 10.2. The van der Waals surface area contributed by atoms with Crippen LogP contribution >= 0.6 is 11.3 Å². The van der Waals surface area contributed by atoms with Crippen molar-refractivity contribution >= 4 is 11.3 Å². The minimum atomic E-state index is 0.157. The average molecular weight is 237 g/mol. The quantitative estimate of drug-likeness (QED) is 0.879. The van der Waals surface area contributed by atoms with Gasteiger partial charge in [-0.1, -0.05) is 0 Å². The average Bonchev–Trinajstić information content (AvgIpc) is 2.86. The lowest BCUT2D eigenvalue weighted by Gasteiger charge is -2.17. The number of rotatable bonds is 4. The summed E-state index contributed by atoms with van der Waals surface area (Å²) in [5.74, 6) is 0.932. The van der Waals surface area contributed by atoms with Crippen molar-refractivity contribution in [2.75, 3.05) is 0 Å². The van der Waals surface area contributed by atoms with Gasteiger partial charge in [0.05, 0.1) is 17.2 Å². The first-order chi connectivity index (χ1) is 7.68. The minimum Gasteiger partial charge on any atom is -0.319 e. The normalized spacial score (nSPS) is 14.9. The summed E-state index contributed by atoms with van der Waals surface area (Å²) < 4.78 is 1.92. The maximum Gasteiger partial charge on any atom is 0.149 e. The molecule has 86 valence electrons. The Kier molecular flexibility index (Phi) is 3.31. The SMILES string of the molecule is CC(NC(C)c1nncn1C)c1cscn1. The molecule has 0 aliphatic carbocycles. The highest BCUT2D eigenvalue weighted by atomic mass is 32.1. The van der Waals surface area contributed by atoms with Crippen LogP contribution in [0.15, 0.2) is 17.2 Å². The molecule has 0 amide bonds. The van der Waals surface area contributed by atoms with Gasteiger partial charge in [0.1, 0.15) is 12.2 Å². The van der Waals surface area contributed by atoms with Crippen LogP contribution in [0.2, 0.25) is 0 Å². The molecular formula is C10H15N5S.